The third-order valence-corrected chi connectivity index (χ3v) is 6.95. The van der Waals surface area contributed by atoms with E-state index in [0.29, 0.717) is 26.2 Å². The molecule has 0 radical (unpaired) electrons. The van der Waals surface area contributed by atoms with Gasteiger partial charge < -0.3 is 20.4 Å². The fraction of sp³-hybridized carbons (Fsp3) is 0.333. The molecule has 9 heteroatoms. The van der Waals surface area contributed by atoms with Crippen LogP contribution in [-0.4, -0.2) is 46.8 Å². The third kappa shape index (κ3) is 6.68. The van der Waals surface area contributed by atoms with E-state index in [1.165, 1.54) is 11.2 Å². The molecule has 0 saturated carbocycles. The van der Waals surface area contributed by atoms with Crippen molar-refractivity contribution >= 4 is 17.5 Å². The summed E-state index contributed by atoms with van der Waals surface area (Å²) in [5, 5.41) is 4.55. The lowest BCUT2D eigenvalue weighted by atomic mass is 10.0. The second-order valence-corrected chi connectivity index (χ2v) is 10.2. The maximum Gasteiger partial charge on any atom is 0.244 e. The van der Waals surface area contributed by atoms with Gasteiger partial charge in [-0.3, -0.25) is 19.5 Å². The first-order chi connectivity index (χ1) is 18.8. The number of nitrogens with one attached hydrogen (secondary N) is 1. The number of carbonyl (C=O) groups excluding carboxylic acids is 2. The highest BCUT2D eigenvalue weighted by molar-refractivity contribution is 5.89. The predicted molar refractivity (Wildman–Crippen MR) is 153 cm³/mol. The lowest BCUT2D eigenvalue weighted by molar-refractivity contribution is -0.150. The van der Waals surface area contributed by atoms with Crippen LogP contribution in [0.2, 0.25) is 0 Å². The van der Waals surface area contributed by atoms with Crippen LogP contribution in [0.15, 0.2) is 83.7 Å². The van der Waals surface area contributed by atoms with E-state index < -0.39 is 6.04 Å². The number of piperazine rings is 1. The highest BCUT2D eigenvalue weighted by Gasteiger charge is 2.40. The van der Waals surface area contributed by atoms with Gasteiger partial charge in [0.2, 0.25) is 11.8 Å². The van der Waals surface area contributed by atoms with Gasteiger partial charge in [-0.05, 0) is 36.2 Å². The molecule has 2 heterocycles. The molecular formula is C30H38N6O3. The standard InChI is InChI=1S/C30H38N6O3/c1-21(2)30(38)36-22(3)18-34(19-25-7-4-5-8-26(25)35(32)15-14-31)20-27(36)29(37)33-17-23-10-12-24(13-11-23)28-9-6-16-39-28/h4-16,21-22,27H,17-20,31-32H2,1-3H3,(H,33,37)/b15-14-. The predicted octanol–water partition coefficient (Wildman–Crippen LogP) is 3.43. The van der Waals surface area contributed by atoms with E-state index in [-0.39, 0.29) is 23.8 Å². The Morgan fingerprint density at radius 2 is 1.85 bits per heavy atom. The van der Waals surface area contributed by atoms with E-state index in [4.69, 9.17) is 16.0 Å². The number of nitrogens with two attached hydrogens (primary N) is 2. The van der Waals surface area contributed by atoms with Gasteiger partial charge in [-0.25, -0.2) is 5.84 Å². The Morgan fingerprint density at radius 1 is 1.10 bits per heavy atom. The molecule has 0 bridgehead atoms. The molecule has 2 unspecified atom stereocenters. The van der Waals surface area contributed by atoms with Gasteiger partial charge in [-0.1, -0.05) is 56.3 Å². The topological polar surface area (TPSA) is 121 Å². The number of anilines is 1. The van der Waals surface area contributed by atoms with E-state index in [9.17, 15) is 9.59 Å². The summed E-state index contributed by atoms with van der Waals surface area (Å²) in [4.78, 5) is 30.7. The maximum absolute atomic E-state index is 13.6. The summed E-state index contributed by atoms with van der Waals surface area (Å²) in [6.45, 7) is 7.73. The summed E-state index contributed by atoms with van der Waals surface area (Å²) in [6.07, 6.45) is 4.63. The Bertz CT molecular complexity index is 1270. The number of amides is 2. The Labute approximate surface area is 230 Å². The molecule has 3 aromatic rings. The molecule has 0 spiro atoms. The van der Waals surface area contributed by atoms with E-state index in [1.807, 2.05) is 81.4 Å². The van der Waals surface area contributed by atoms with Crippen molar-refractivity contribution in [1.82, 2.24) is 15.1 Å². The van der Waals surface area contributed by atoms with Gasteiger partial charge in [0.05, 0.1) is 12.0 Å². The summed E-state index contributed by atoms with van der Waals surface area (Å²) in [5.74, 6) is 6.56. The van der Waals surface area contributed by atoms with Crippen LogP contribution < -0.4 is 21.9 Å². The molecule has 0 aliphatic carbocycles. The van der Waals surface area contributed by atoms with Crippen LogP contribution in [0.1, 0.15) is 31.9 Å². The van der Waals surface area contributed by atoms with Crippen LogP contribution in [0.25, 0.3) is 11.3 Å². The quantitative estimate of drug-likeness (QED) is 0.286. The van der Waals surface area contributed by atoms with Crippen LogP contribution in [0.5, 0.6) is 0 Å². The molecule has 39 heavy (non-hydrogen) atoms. The number of hydrogen-bond donors (Lipinski definition) is 3. The fourth-order valence-corrected chi connectivity index (χ4v) is 5.03. The van der Waals surface area contributed by atoms with Gasteiger partial charge in [0, 0.05) is 56.1 Å². The molecule has 206 valence electrons. The van der Waals surface area contributed by atoms with Crippen LogP contribution in [0.3, 0.4) is 0 Å². The first-order valence-corrected chi connectivity index (χ1v) is 13.2. The SMILES string of the molecule is CC(C)C(=O)N1C(C)CN(Cc2ccccc2N(N)/C=C\N)CC1C(=O)NCc1ccc(-c2ccco2)cc1. The van der Waals surface area contributed by atoms with Gasteiger partial charge >= 0.3 is 0 Å². The first kappa shape index (κ1) is 27.9. The normalized spacial score (nSPS) is 18.0. The Hall–Kier alpha value is -4.08. The van der Waals surface area contributed by atoms with Gasteiger partial charge in [0.1, 0.15) is 11.8 Å². The minimum absolute atomic E-state index is 0.0216. The van der Waals surface area contributed by atoms with Crippen molar-refractivity contribution in [2.45, 2.75) is 45.9 Å². The van der Waals surface area contributed by atoms with Crippen LogP contribution in [0.4, 0.5) is 5.69 Å². The molecule has 2 amide bonds. The smallest absolute Gasteiger partial charge is 0.244 e. The second kappa shape index (κ2) is 12.6. The van der Waals surface area contributed by atoms with E-state index in [1.54, 1.807) is 17.4 Å². The highest BCUT2D eigenvalue weighted by atomic mass is 16.3. The van der Waals surface area contributed by atoms with Crippen LogP contribution in [-0.2, 0) is 22.7 Å². The summed E-state index contributed by atoms with van der Waals surface area (Å²) in [7, 11) is 0. The van der Waals surface area contributed by atoms with Gasteiger partial charge in [-0.15, -0.1) is 0 Å². The number of nitrogens with zero attached hydrogens (tertiary/aromatic N) is 3. The molecule has 5 N–H and O–H groups in total. The molecule has 1 aromatic heterocycles. The van der Waals surface area contributed by atoms with Gasteiger partial charge in [0.25, 0.3) is 0 Å². The highest BCUT2D eigenvalue weighted by Crippen LogP contribution is 2.25. The monoisotopic (exact) mass is 530 g/mol. The minimum Gasteiger partial charge on any atom is -0.464 e. The number of hydrazine groups is 1. The van der Waals surface area contributed by atoms with Crippen molar-refractivity contribution in [2.75, 3.05) is 18.1 Å². The van der Waals surface area contributed by atoms with Crippen molar-refractivity contribution < 1.29 is 14.0 Å². The van der Waals surface area contributed by atoms with Crippen molar-refractivity contribution in [3.8, 4) is 11.3 Å². The van der Waals surface area contributed by atoms with Crippen LogP contribution in [0, 0.1) is 5.92 Å². The Morgan fingerprint density at radius 3 is 2.51 bits per heavy atom. The molecule has 2 atom stereocenters. The molecular weight excluding hydrogens is 492 g/mol. The summed E-state index contributed by atoms with van der Waals surface area (Å²) >= 11 is 0. The zero-order valence-electron chi connectivity index (χ0n) is 22.8. The molecule has 1 fully saturated rings. The lowest BCUT2D eigenvalue weighted by Crippen LogP contribution is -2.64. The minimum atomic E-state index is -0.615. The molecule has 1 aliphatic rings. The third-order valence-electron chi connectivity index (χ3n) is 6.95. The van der Waals surface area contributed by atoms with Crippen molar-refractivity contribution in [3.05, 3.63) is 90.5 Å². The lowest BCUT2D eigenvalue weighted by Gasteiger charge is -2.45. The number of para-hydroxylation sites is 1. The summed E-state index contributed by atoms with van der Waals surface area (Å²) in [6, 6.07) is 18.7. The molecule has 4 rings (SSSR count). The zero-order valence-corrected chi connectivity index (χ0v) is 22.8. The Balaban J connectivity index is 1.49. The summed E-state index contributed by atoms with van der Waals surface area (Å²) in [5.41, 5.74) is 9.30. The van der Waals surface area contributed by atoms with E-state index in [0.717, 1.165) is 28.1 Å². The maximum atomic E-state index is 13.6. The number of furan rings is 1. The molecule has 1 saturated heterocycles. The zero-order chi connectivity index (χ0) is 27.9. The second-order valence-electron chi connectivity index (χ2n) is 10.2. The average Bonchev–Trinajstić information content (AvgIpc) is 3.47. The summed E-state index contributed by atoms with van der Waals surface area (Å²) < 4.78 is 5.46. The van der Waals surface area contributed by atoms with Crippen molar-refractivity contribution in [2.24, 2.45) is 17.5 Å². The average molecular weight is 531 g/mol. The Kier molecular flexibility index (Phi) is 9.06. The largest absolute Gasteiger partial charge is 0.464 e. The van der Waals surface area contributed by atoms with E-state index >= 15 is 0 Å². The van der Waals surface area contributed by atoms with E-state index in [2.05, 4.69) is 10.2 Å². The first-order valence-electron chi connectivity index (χ1n) is 13.2. The number of hydrogen-bond acceptors (Lipinski definition) is 7. The fourth-order valence-electron chi connectivity index (χ4n) is 5.03. The van der Waals surface area contributed by atoms with Crippen molar-refractivity contribution in [3.63, 3.8) is 0 Å². The van der Waals surface area contributed by atoms with Gasteiger partial charge in [0.15, 0.2) is 0 Å². The number of benzene rings is 2. The van der Waals surface area contributed by atoms with Crippen molar-refractivity contribution in [1.29, 1.82) is 0 Å². The van der Waals surface area contributed by atoms with Gasteiger partial charge in [-0.2, -0.15) is 0 Å². The van der Waals surface area contributed by atoms with Crippen LogP contribution >= 0.6 is 0 Å². The molecule has 1 aliphatic heterocycles. The molecule has 9 nitrogen and oxygen atoms in total. The number of carbonyl (C=O) groups is 2. The number of rotatable bonds is 9. The molecule has 2 aromatic carbocycles.